The molecule has 1 heterocycles. The van der Waals surface area contributed by atoms with Gasteiger partial charge in [0.1, 0.15) is 5.57 Å². The molecule has 0 atom stereocenters. The van der Waals surface area contributed by atoms with E-state index in [2.05, 4.69) is 15.8 Å². The van der Waals surface area contributed by atoms with Crippen LogP contribution in [-0.2, 0) is 9.53 Å². The lowest BCUT2D eigenvalue weighted by atomic mass is 10.0. The molecule has 0 amide bonds. The van der Waals surface area contributed by atoms with E-state index in [1.54, 1.807) is 0 Å². The van der Waals surface area contributed by atoms with Crippen molar-refractivity contribution in [2.45, 2.75) is 12.8 Å². The van der Waals surface area contributed by atoms with E-state index in [1.807, 2.05) is 60.7 Å². The summed E-state index contributed by atoms with van der Waals surface area (Å²) in [5, 5.41) is 0. The summed E-state index contributed by atoms with van der Waals surface area (Å²) >= 11 is 0. The van der Waals surface area contributed by atoms with Crippen LogP contribution in [0.3, 0.4) is 0 Å². The molecule has 0 fully saturated rings. The number of methoxy groups -OCH3 is 1. The second kappa shape index (κ2) is 8.15. The minimum absolute atomic E-state index is 0.387. The molecule has 128 valence electrons. The van der Waals surface area contributed by atoms with Gasteiger partial charge in [0.25, 0.3) is 0 Å². The predicted octanol–water partition coefficient (Wildman–Crippen LogP) is 3.42. The van der Waals surface area contributed by atoms with Crippen LogP contribution in [0, 0.1) is 0 Å². The highest BCUT2D eigenvalue weighted by molar-refractivity contribution is 6.25. The number of anilines is 1. The highest BCUT2D eigenvalue weighted by atomic mass is 16.5. The second-order valence-electron chi connectivity index (χ2n) is 5.66. The van der Waals surface area contributed by atoms with Crippen molar-refractivity contribution >= 4 is 23.1 Å². The monoisotopic (exact) mass is 335 g/mol. The third-order valence-corrected chi connectivity index (χ3v) is 3.97. The van der Waals surface area contributed by atoms with E-state index in [0.717, 1.165) is 36.3 Å². The molecule has 0 radical (unpaired) electrons. The molecule has 0 aliphatic carbocycles. The third-order valence-electron chi connectivity index (χ3n) is 3.97. The fraction of sp³-hybridized carbons (Fsp3) is 0.200. The first-order valence-corrected chi connectivity index (χ1v) is 8.28. The molecule has 1 aliphatic heterocycles. The summed E-state index contributed by atoms with van der Waals surface area (Å²) in [5.74, 6) is -0.387. The number of rotatable bonds is 6. The van der Waals surface area contributed by atoms with Crippen molar-refractivity contribution < 1.29 is 9.53 Å². The molecule has 5 heteroatoms. The van der Waals surface area contributed by atoms with Crippen LogP contribution in [0.15, 0.2) is 71.2 Å². The van der Waals surface area contributed by atoms with Crippen molar-refractivity contribution in [2.75, 3.05) is 19.1 Å². The molecule has 0 saturated heterocycles. The zero-order chi connectivity index (χ0) is 17.5. The summed E-state index contributed by atoms with van der Waals surface area (Å²) in [6.07, 6.45) is 1.72. The van der Waals surface area contributed by atoms with Crippen LogP contribution < -0.4 is 10.9 Å². The zero-order valence-electron chi connectivity index (χ0n) is 14.2. The zero-order valence-corrected chi connectivity index (χ0v) is 14.2. The van der Waals surface area contributed by atoms with Crippen molar-refractivity contribution in [3.05, 3.63) is 71.8 Å². The maximum Gasteiger partial charge on any atom is 0.341 e. The van der Waals surface area contributed by atoms with Crippen molar-refractivity contribution in [2.24, 2.45) is 4.99 Å². The molecule has 0 unspecified atom stereocenters. The highest BCUT2D eigenvalue weighted by Crippen LogP contribution is 2.23. The topological polar surface area (TPSA) is 62.7 Å². The van der Waals surface area contributed by atoms with Crippen LogP contribution in [0.1, 0.15) is 18.4 Å². The largest absolute Gasteiger partial charge is 0.465 e. The smallest absolute Gasteiger partial charge is 0.341 e. The van der Waals surface area contributed by atoms with E-state index < -0.39 is 0 Å². The fourth-order valence-corrected chi connectivity index (χ4v) is 2.75. The number of hydrazine groups is 1. The third kappa shape index (κ3) is 4.07. The summed E-state index contributed by atoms with van der Waals surface area (Å²) in [7, 11) is 1.39. The van der Waals surface area contributed by atoms with Crippen LogP contribution in [0.5, 0.6) is 0 Å². The number of benzene rings is 2. The van der Waals surface area contributed by atoms with E-state index in [0.29, 0.717) is 11.3 Å². The van der Waals surface area contributed by atoms with Gasteiger partial charge in [-0.25, -0.2) is 4.79 Å². The number of carbonyl (C=O) groups is 1. The Kier molecular flexibility index (Phi) is 5.46. The van der Waals surface area contributed by atoms with Crippen LogP contribution in [-0.4, -0.2) is 25.3 Å². The summed E-state index contributed by atoms with van der Waals surface area (Å²) < 4.78 is 5.03. The van der Waals surface area contributed by atoms with E-state index in [1.165, 1.54) is 7.11 Å². The maximum absolute atomic E-state index is 12.5. The number of hydrogen-bond donors (Lipinski definition) is 2. The molecular formula is C20H21N3O2. The van der Waals surface area contributed by atoms with Crippen molar-refractivity contribution in [3.63, 3.8) is 0 Å². The first kappa shape index (κ1) is 16.8. The van der Waals surface area contributed by atoms with Gasteiger partial charge in [-0.1, -0.05) is 48.5 Å². The number of aliphatic imine (C=N–C) groups is 1. The number of ether oxygens (including phenoxy) is 1. The molecule has 2 aromatic rings. The van der Waals surface area contributed by atoms with Crippen LogP contribution >= 0.6 is 0 Å². The van der Waals surface area contributed by atoms with Crippen LogP contribution in [0.4, 0.5) is 5.69 Å². The Hall–Kier alpha value is -3.08. The average molecular weight is 335 g/mol. The van der Waals surface area contributed by atoms with Gasteiger partial charge in [-0.2, -0.15) is 0 Å². The first-order chi connectivity index (χ1) is 12.3. The molecular weight excluding hydrogens is 314 g/mol. The number of esters is 1. The van der Waals surface area contributed by atoms with Crippen molar-refractivity contribution in [1.82, 2.24) is 5.43 Å². The Bertz CT molecular complexity index is 783. The minimum Gasteiger partial charge on any atom is -0.465 e. The molecule has 0 bridgehead atoms. The summed E-state index contributed by atoms with van der Waals surface area (Å²) in [4.78, 5) is 17.0. The normalized spacial score (nSPS) is 14.4. The number of para-hydroxylation sites is 1. The number of carbonyl (C=O) groups excluding carboxylic acids is 1. The van der Waals surface area contributed by atoms with E-state index in [9.17, 15) is 4.79 Å². The fourth-order valence-electron chi connectivity index (χ4n) is 2.75. The second-order valence-corrected chi connectivity index (χ2v) is 5.66. The average Bonchev–Trinajstić information content (AvgIpc) is 3.20. The van der Waals surface area contributed by atoms with Gasteiger partial charge in [-0.15, -0.1) is 0 Å². The Morgan fingerprint density at radius 2 is 1.72 bits per heavy atom. The predicted molar refractivity (Wildman–Crippen MR) is 100 cm³/mol. The Balaban J connectivity index is 2.02. The van der Waals surface area contributed by atoms with Crippen LogP contribution in [0.25, 0.3) is 5.70 Å². The molecule has 1 aliphatic rings. The lowest BCUT2D eigenvalue weighted by Crippen LogP contribution is -2.26. The first-order valence-electron chi connectivity index (χ1n) is 8.28. The lowest BCUT2D eigenvalue weighted by Gasteiger charge is -2.18. The Morgan fingerprint density at radius 3 is 2.32 bits per heavy atom. The van der Waals surface area contributed by atoms with Gasteiger partial charge in [0.2, 0.25) is 0 Å². The van der Waals surface area contributed by atoms with Crippen molar-refractivity contribution in [3.8, 4) is 0 Å². The quantitative estimate of drug-likeness (QED) is 0.482. The molecule has 25 heavy (non-hydrogen) atoms. The van der Waals surface area contributed by atoms with Gasteiger partial charge in [0, 0.05) is 12.1 Å². The van der Waals surface area contributed by atoms with Gasteiger partial charge in [0.15, 0.2) is 0 Å². The molecule has 3 rings (SSSR count). The maximum atomic E-state index is 12.5. The molecule has 2 N–H and O–H groups in total. The highest BCUT2D eigenvalue weighted by Gasteiger charge is 2.25. The summed E-state index contributed by atoms with van der Waals surface area (Å²) in [5.41, 5.74) is 10.1. The van der Waals surface area contributed by atoms with Crippen molar-refractivity contribution in [1.29, 1.82) is 0 Å². The van der Waals surface area contributed by atoms with Gasteiger partial charge in [0.05, 0.1) is 24.2 Å². The number of hydrogen-bond acceptors (Lipinski definition) is 5. The Morgan fingerprint density at radius 1 is 1.04 bits per heavy atom. The molecule has 2 aromatic carbocycles. The summed E-state index contributed by atoms with van der Waals surface area (Å²) in [6, 6.07) is 19.4. The van der Waals surface area contributed by atoms with Gasteiger partial charge in [-0.05, 0) is 25.0 Å². The summed E-state index contributed by atoms with van der Waals surface area (Å²) in [6.45, 7) is 0.740. The van der Waals surface area contributed by atoms with Gasteiger partial charge >= 0.3 is 5.97 Å². The standard InChI is InChI=1S/C20H21N3O2/c1-25-20(24)18(17-13-8-14-21-17)19(15-9-4-2-5-10-15)23-22-16-11-6-3-7-12-16/h2-7,9-12,22-23H,8,13-14H2,1H3/b19-18+. The van der Waals surface area contributed by atoms with Gasteiger partial charge in [-0.3, -0.25) is 10.4 Å². The van der Waals surface area contributed by atoms with Crippen LogP contribution in [0.2, 0.25) is 0 Å². The lowest BCUT2D eigenvalue weighted by molar-refractivity contribution is -0.135. The number of nitrogens with zero attached hydrogens (tertiary/aromatic N) is 1. The van der Waals surface area contributed by atoms with Gasteiger partial charge < -0.3 is 10.2 Å². The molecule has 5 nitrogen and oxygen atoms in total. The molecule has 0 aromatic heterocycles. The van der Waals surface area contributed by atoms with E-state index in [-0.39, 0.29) is 5.97 Å². The van der Waals surface area contributed by atoms with E-state index >= 15 is 0 Å². The van der Waals surface area contributed by atoms with E-state index in [4.69, 9.17) is 4.74 Å². The number of nitrogens with one attached hydrogen (secondary N) is 2. The molecule has 0 saturated carbocycles. The SMILES string of the molecule is COC(=O)/C(C1=NCCC1)=C(/NNc1ccccc1)c1ccccc1. The molecule has 0 spiro atoms. The Labute approximate surface area is 147 Å². The minimum atomic E-state index is -0.387.